The van der Waals surface area contributed by atoms with Crippen LogP contribution in [-0.2, 0) is 10.2 Å². The highest BCUT2D eigenvalue weighted by molar-refractivity contribution is 7.87. The zero-order valence-corrected chi connectivity index (χ0v) is 10.4. The first kappa shape index (κ1) is 11.8. The molecule has 0 aliphatic carbocycles. The molecule has 0 spiro atoms. The standard InChI is InChI=1S/C11H13N3O2S/c1-8-3-5-10(6-4-8)11-7-13-9(2)14(11)17(12,15)16/h3-7H,1-2H3,(H2,12,15,16). The van der Waals surface area contributed by atoms with Gasteiger partial charge < -0.3 is 0 Å². The quantitative estimate of drug-likeness (QED) is 0.871. The lowest BCUT2D eigenvalue weighted by Gasteiger charge is -2.07. The molecule has 5 nitrogen and oxygen atoms in total. The lowest BCUT2D eigenvalue weighted by molar-refractivity contribution is 0.588. The molecule has 1 aromatic heterocycles. The Morgan fingerprint density at radius 2 is 1.76 bits per heavy atom. The van der Waals surface area contributed by atoms with Gasteiger partial charge in [0.15, 0.2) is 0 Å². The van der Waals surface area contributed by atoms with E-state index in [1.165, 1.54) is 6.20 Å². The lowest BCUT2D eigenvalue weighted by atomic mass is 10.1. The van der Waals surface area contributed by atoms with Gasteiger partial charge >= 0.3 is 10.2 Å². The maximum absolute atomic E-state index is 11.5. The Hall–Kier alpha value is -1.66. The second-order valence-corrected chi connectivity index (χ2v) is 5.26. The van der Waals surface area contributed by atoms with Crippen molar-refractivity contribution in [1.82, 2.24) is 8.96 Å². The van der Waals surface area contributed by atoms with Crippen LogP contribution in [0.5, 0.6) is 0 Å². The molecule has 0 radical (unpaired) electrons. The predicted octanol–water partition coefficient (Wildman–Crippen LogP) is 1.22. The Labute approximate surface area is 100 Å². The number of rotatable bonds is 2. The van der Waals surface area contributed by atoms with Gasteiger partial charge in [0.05, 0.1) is 11.9 Å². The monoisotopic (exact) mass is 251 g/mol. The number of hydrogen-bond acceptors (Lipinski definition) is 3. The third kappa shape index (κ3) is 2.22. The number of nitrogens with zero attached hydrogens (tertiary/aromatic N) is 2. The molecule has 0 amide bonds. The highest BCUT2D eigenvalue weighted by Gasteiger charge is 2.16. The fourth-order valence-corrected chi connectivity index (χ4v) is 2.51. The van der Waals surface area contributed by atoms with E-state index < -0.39 is 10.2 Å². The minimum atomic E-state index is -3.82. The number of aromatic nitrogens is 2. The summed E-state index contributed by atoms with van der Waals surface area (Å²) in [5.41, 5.74) is 2.35. The first-order chi connectivity index (χ1) is 7.89. The van der Waals surface area contributed by atoms with E-state index in [0.717, 1.165) is 15.1 Å². The first-order valence-corrected chi connectivity index (χ1v) is 6.54. The van der Waals surface area contributed by atoms with Gasteiger partial charge in [0.25, 0.3) is 0 Å². The third-order valence-electron chi connectivity index (χ3n) is 2.49. The molecule has 6 heteroatoms. The van der Waals surface area contributed by atoms with E-state index in [-0.39, 0.29) is 0 Å². The predicted molar refractivity (Wildman–Crippen MR) is 65.6 cm³/mol. The minimum Gasteiger partial charge on any atom is -0.240 e. The molecule has 0 unspecified atom stereocenters. The van der Waals surface area contributed by atoms with Crippen LogP contribution >= 0.6 is 0 Å². The average molecular weight is 251 g/mol. The normalized spacial score (nSPS) is 11.7. The van der Waals surface area contributed by atoms with Gasteiger partial charge in [-0.25, -0.2) is 14.1 Å². The van der Waals surface area contributed by atoms with Crippen molar-refractivity contribution in [3.8, 4) is 11.3 Å². The maximum atomic E-state index is 11.5. The van der Waals surface area contributed by atoms with Crippen molar-refractivity contribution >= 4 is 10.2 Å². The molecule has 1 heterocycles. The van der Waals surface area contributed by atoms with Crippen LogP contribution in [0.15, 0.2) is 30.5 Å². The third-order valence-corrected chi connectivity index (χ3v) is 3.46. The van der Waals surface area contributed by atoms with E-state index in [4.69, 9.17) is 5.14 Å². The van der Waals surface area contributed by atoms with Crippen LogP contribution in [0.2, 0.25) is 0 Å². The Balaban J connectivity index is 2.65. The summed E-state index contributed by atoms with van der Waals surface area (Å²) in [6.07, 6.45) is 1.50. The summed E-state index contributed by atoms with van der Waals surface area (Å²) in [6.45, 7) is 3.56. The first-order valence-electron chi connectivity index (χ1n) is 5.04. The highest BCUT2D eigenvalue weighted by atomic mass is 32.2. The second kappa shape index (κ2) is 3.97. The van der Waals surface area contributed by atoms with Crippen LogP contribution in [0, 0.1) is 13.8 Å². The summed E-state index contributed by atoms with van der Waals surface area (Å²) in [5, 5.41) is 5.17. The van der Waals surface area contributed by atoms with Crippen LogP contribution in [0.3, 0.4) is 0 Å². The molecule has 0 saturated carbocycles. The van der Waals surface area contributed by atoms with Crippen LogP contribution in [0.25, 0.3) is 11.3 Å². The highest BCUT2D eigenvalue weighted by Crippen LogP contribution is 2.21. The van der Waals surface area contributed by atoms with E-state index in [1.54, 1.807) is 6.92 Å². The molecule has 0 saturated heterocycles. The molecule has 2 rings (SSSR count). The van der Waals surface area contributed by atoms with Crippen molar-refractivity contribution < 1.29 is 8.42 Å². The Kier molecular flexibility index (Phi) is 2.76. The zero-order valence-electron chi connectivity index (χ0n) is 9.58. The topological polar surface area (TPSA) is 78.0 Å². The van der Waals surface area contributed by atoms with Crippen LogP contribution < -0.4 is 5.14 Å². The molecule has 0 aliphatic rings. The molecule has 90 valence electrons. The fraction of sp³-hybridized carbons (Fsp3) is 0.182. The molecule has 2 N–H and O–H groups in total. The van der Waals surface area contributed by atoms with Gasteiger partial charge in [0, 0.05) is 5.56 Å². The molecular weight excluding hydrogens is 238 g/mol. The van der Waals surface area contributed by atoms with Crippen LogP contribution in [0.1, 0.15) is 11.4 Å². The van der Waals surface area contributed by atoms with Crippen molar-refractivity contribution in [2.45, 2.75) is 13.8 Å². The lowest BCUT2D eigenvalue weighted by Crippen LogP contribution is -2.23. The molecule has 0 aliphatic heterocycles. The molecule has 0 fully saturated rings. The van der Waals surface area contributed by atoms with Gasteiger partial charge in [-0.1, -0.05) is 29.8 Å². The average Bonchev–Trinajstić information content (AvgIpc) is 2.61. The Morgan fingerprint density at radius 3 is 2.29 bits per heavy atom. The summed E-state index contributed by atoms with van der Waals surface area (Å²) in [5.74, 6) is 0.350. The Bertz CT molecular complexity index is 642. The largest absolute Gasteiger partial charge is 0.304 e. The number of aryl methyl sites for hydroxylation is 2. The van der Waals surface area contributed by atoms with E-state index in [1.807, 2.05) is 31.2 Å². The van der Waals surface area contributed by atoms with Gasteiger partial charge in [0.1, 0.15) is 5.82 Å². The molecule has 1 aromatic carbocycles. The zero-order chi connectivity index (χ0) is 12.6. The van der Waals surface area contributed by atoms with E-state index in [0.29, 0.717) is 11.5 Å². The Morgan fingerprint density at radius 1 is 1.18 bits per heavy atom. The molecule has 17 heavy (non-hydrogen) atoms. The summed E-state index contributed by atoms with van der Waals surface area (Å²) in [4.78, 5) is 3.99. The molecular formula is C11H13N3O2S. The summed E-state index contributed by atoms with van der Waals surface area (Å²) in [7, 11) is -3.82. The fourth-order valence-electron chi connectivity index (χ4n) is 1.67. The van der Waals surface area contributed by atoms with Gasteiger partial charge in [0.2, 0.25) is 0 Å². The maximum Gasteiger partial charge on any atom is 0.304 e. The minimum absolute atomic E-state index is 0.350. The number of hydrogen-bond donors (Lipinski definition) is 1. The van der Waals surface area contributed by atoms with Crippen molar-refractivity contribution in [1.29, 1.82) is 0 Å². The summed E-state index contributed by atoms with van der Waals surface area (Å²) in [6, 6.07) is 7.50. The SMILES string of the molecule is Cc1ccc(-c2cnc(C)n2S(N)(=O)=O)cc1. The van der Waals surface area contributed by atoms with Gasteiger partial charge in [-0.3, -0.25) is 0 Å². The summed E-state index contributed by atoms with van der Waals surface area (Å²) >= 11 is 0. The molecule has 0 bridgehead atoms. The second-order valence-electron chi connectivity index (χ2n) is 3.87. The van der Waals surface area contributed by atoms with Crippen molar-refractivity contribution in [2.24, 2.45) is 5.14 Å². The van der Waals surface area contributed by atoms with Crippen molar-refractivity contribution in [3.63, 3.8) is 0 Å². The van der Waals surface area contributed by atoms with Crippen molar-refractivity contribution in [2.75, 3.05) is 0 Å². The number of imidazole rings is 1. The summed E-state index contributed by atoms with van der Waals surface area (Å²) < 4.78 is 24.0. The van der Waals surface area contributed by atoms with Gasteiger partial charge in [-0.15, -0.1) is 0 Å². The van der Waals surface area contributed by atoms with E-state index in [2.05, 4.69) is 4.98 Å². The van der Waals surface area contributed by atoms with Crippen LogP contribution in [-0.4, -0.2) is 17.4 Å². The number of nitrogens with two attached hydrogens (primary N) is 1. The van der Waals surface area contributed by atoms with Gasteiger partial charge in [-0.2, -0.15) is 8.42 Å². The van der Waals surface area contributed by atoms with Crippen molar-refractivity contribution in [3.05, 3.63) is 41.9 Å². The number of benzene rings is 1. The smallest absolute Gasteiger partial charge is 0.240 e. The van der Waals surface area contributed by atoms with E-state index >= 15 is 0 Å². The van der Waals surface area contributed by atoms with E-state index in [9.17, 15) is 8.42 Å². The van der Waals surface area contributed by atoms with Gasteiger partial charge in [-0.05, 0) is 13.8 Å². The molecule has 0 atom stereocenters. The van der Waals surface area contributed by atoms with Crippen LogP contribution in [0.4, 0.5) is 0 Å². The molecule has 2 aromatic rings.